The summed E-state index contributed by atoms with van der Waals surface area (Å²) in [6.45, 7) is 10.7. The van der Waals surface area contributed by atoms with Gasteiger partial charge < -0.3 is 10.6 Å². The van der Waals surface area contributed by atoms with E-state index in [0.717, 1.165) is 39.0 Å². The second-order valence-electron chi connectivity index (χ2n) is 9.11. The minimum Gasteiger partial charge on any atom is -0.312 e. The topological polar surface area (TPSA) is 24.1 Å². The maximum atomic E-state index is 3.62. The fraction of sp³-hybridized carbons (Fsp3) is 0.357. The van der Waals surface area contributed by atoms with E-state index in [1.807, 2.05) is 0 Å². The van der Waals surface area contributed by atoms with Crippen molar-refractivity contribution >= 4 is 0 Å². The summed E-state index contributed by atoms with van der Waals surface area (Å²) < 4.78 is 0. The number of nitrogens with one attached hydrogen (secondary N) is 2. The fourth-order valence-electron chi connectivity index (χ4n) is 3.62. The van der Waals surface area contributed by atoms with Gasteiger partial charge in [-0.1, -0.05) is 99.6 Å². The van der Waals surface area contributed by atoms with Gasteiger partial charge in [0.25, 0.3) is 0 Å². The van der Waals surface area contributed by atoms with E-state index in [4.69, 9.17) is 0 Å². The molecule has 0 unspecified atom stereocenters. The average molecular weight is 401 g/mol. The Morgan fingerprint density at radius 3 is 1.40 bits per heavy atom. The highest BCUT2D eigenvalue weighted by molar-refractivity contribution is 5.34. The Kier molecular flexibility index (Phi) is 8.24. The van der Waals surface area contributed by atoms with Gasteiger partial charge in [-0.25, -0.2) is 0 Å². The molecule has 0 heterocycles. The first-order valence-electron chi connectivity index (χ1n) is 11.1. The smallest absolute Gasteiger partial charge is 0.0205 e. The average Bonchev–Trinajstić information content (AvgIpc) is 2.75. The van der Waals surface area contributed by atoms with E-state index < -0.39 is 0 Å². The molecule has 0 radical (unpaired) electrons. The van der Waals surface area contributed by atoms with Crippen molar-refractivity contribution in [3.63, 3.8) is 0 Å². The van der Waals surface area contributed by atoms with Crippen molar-refractivity contribution in [1.82, 2.24) is 10.6 Å². The maximum Gasteiger partial charge on any atom is 0.0205 e. The Morgan fingerprint density at radius 1 is 0.567 bits per heavy atom. The third-order valence-electron chi connectivity index (χ3n) is 5.44. The standard InChI is InChI=1S/C28H36N2/c1-28(2,3)27-19-25(21-29-16-14-23-10-6-4-7-11-23)18-26(20-27)22-30-17-15-24-12-8-5-9-13-24/h4-13,18-20,29-30H,14-17,21-22H2,1-3H3. The maximum absolute atomic E-state index is 3.62. The number of hydrogen-bond acceptors (Lipinski definition) is 2. The fourth-order valence-corrected chi connectivity index (χ4v) is 3.62. The summed E-state index contributed by atoms with van der Waals surface area (Å²) >= 11 is 0. The largest absolute Gasteiger partial charge is 0.312 e. The van der Waals surface area contributed by atoms with Crippen LogP contribution in [-0.4, -0.2) is 13.1 Å². The number of rotatable bonds is 10. The monoisotopic (exact) mass is 400 g/mol. The molecule has 0 aliphatic carbocycles. The molecular weight excluding hydrogens is 364 g/mol. The highest BCUT2D eigenvalue weighted by Gasteiger charge is 2.15. The lowest BCUT2D eigenvalue weighted by Gasteiger charge is -2.22. The van der Waals surface area contributed by atoms with Gasteiger partial charge in [0, 0.05) is 13.1 Å². The van der Waals surface area contributed by atoms with Crippen molar-refractivity contribution < 1.29 is 0 Å². The molecule has 3 aromatic rings. The minimum absolute atomic E-state index is 0.152. The predicted molar refractivity (Wildman–Crippen MR) is 129 cm³/mol. The molecule has 0 aliphatic rings. The van der Waals surface area contributed by atoms with Gasteiger partial charge in [-0.15, -0.1) is 0 Å². The van der Waals surface area contributed by atoms with Crippen molar-refractivity contribution in [2.75, 3.05) is 13.1 Å². The summed E-state index contributed by atoms with van der Waals surface area (Å²) in [5.74, 6) is 0. The lowest BCUT2D eigenvalue weighted by Crippen LogP contribution is -2.20. The second kappa shape index (κ2) is 11.1. The lowest BCUT2D eigenvalue weighted by atomic mass is 9.85. The van der Waals surface area contributed by atoms with Crippen molar-refractivity contribution in [3.8, 4) is 0 Å². The number of benzene rings is 3. The van der Waals surface area contributed by atoms with Gasteiger partial charge in [0.2, 0.25) is 0 Å². The molecule has 0 amide bonds. The molecule has 0 spiro atoms. The molecule has 2 nitrogen and oxygen atoms in total. The summed E-state index contributed by atoms with van der Waals surface area (Å²) in [5.41, 5.74) is 7.07. The molecule has 0 aliphatic heterocycles. The van der Waals surface area contributed by atoms with Crippen LogP contribution in [0.3, 0.4) is 0 Å². The van der Waals surface area contributed by atoms with E-state index in [9.17, 15) is 0 Å². The molecule has 3 rings (SSSR count). The van der Waals surface area contributed by atoms with Crippen molar-refractivity contribution in [1.29, 1.82) is 0 Å². The first-order chi connectivity index (χ1) is 14.5. The van der Waals surface area contributed by atoms with Crippen LogP contribution in [0.5, 0.6) is 0 Å². The molecule has 3 aromatic carbocycles. The van der Waals surface area contributed by atoms with E-state index in [1.165, 1.54) is 27.8 Å². The molecule has 2 heteroatoms. The zero-order valence-corrected chi connectivity index (χ0v) is 18.7. The van der Waals surface area contributed by atoms with E-state index in [0.29, 0.717) is 0 Å². The first kappa shape index (κ1) is 22.3. The van der Waals surface area contributed by atoms with Crippen LogP contribution >= 0.6 is 0 Å². The molecule has 0 aromatic heterocycles. The minimum atomic E-state index is 0.152. The molecule has 2 N–H and O–H groups in total. The van der Waals surface area contributed by atoms with Crippen LogP contribution in [0.15, 0.2) is 78.9 Å². The Bertz CT molecular complexity index is 814. The summed E-state index contributed by atoms with van der Waals surface area (Å²) in [5, 5.41) is 7.25. The third-order valence-corrected chi connectivity index (χ3v) is 5.44. The summed E-state index contributed by atoms with van der Waals surface area (Å²) in [6, 6.07) is 28.4. The van der Waals surface area contributed by atoms with Gasteiger partial charge in [0.15, 0.2) is 0 Å². The van der Waals surface area contributed by atoms with Crippen molar-refractivity contribution in [2.45, 2.75) is 52.1 Å². The molecule has 30 heavy (non-hydrogen) atoms. The van der Waals surface area contributed by atoms with Crippen LogP contribution in [-0.2, 0) is 31.3 Å². The first-order valence-corrected chi connectivity index (χ1v) is 11.1. The van der Waals surface area contributed by atoms with Gasteiger partial charge in [-0.3, -0.25) is 0 Å². The van der Waals surface area contributed by atoms with Crippen LogP contribution in [0.1, 0.15) is 48.6 Å². The quantitative estimate of drug-likeness (QED) is 0.430. The van der Waals surface area contributed by atoms with Crippen molar-refractivity contribution in [2.24, 2.45) is 0 Å². The molecular formula is C28H36N2. The van der Waals surface area contributed by atoms with Crippen LogP contribution in [0.4, 0.5) is 0 Å². The molecule has 0 atom stereocenters. The van der Waals surface area contributed by atoms with Gasteiger partial charge in [0.05, 0.1) is 0 Å². The van der Waals surface area contributed by atoms with E-state index in [2.05, 4.69) is 110 Å². The summed E-state index contributed by atoms with van der Waals surface area (Å²) in [6.07, 6.45) is 2.13. The SMILES string of the molecule is CC(C)(C)c1cc(CNCCc2ccccc2)cc(CNCCc2ccccc2)c1. The highest BCUT2D eigenvalue weighted by atomic mass is 14.9. The summed E-state index contributed by atoms with van der Waals surface area (Å²) in [4.78, 5) is 0. The Balaban J connectivity index is 1.54. The van der Waals surface area contributed by atoms with Crippen LogP contribution < -0.4 is 10.6 Å². The lowest BCUT2D eigenvalue weighted by molar-refractivity contribution is 0.585. The highest BCUT2D eigenvalue weighted by Crippen LogP contribution is 2.24. The molecule has 158 valence electrons. The van der Waals surface area contributed by atoms with Crippen LogP contribution in [0.2, 0.25) is 0 Å². The van der Waals surface area contributed by atoms with Gasteiger partial charge in [0.1, 0.15) is 0 Å². The van der Waals surface area contributed by atoms with E-state index in [1.54, 1.807) is 0 Å². The predicted octanol–water partition coefficient (Wildman–Crippen LogP) is 5.65. The normalized spacial score (nSPS) is 11.6. The zero-order chi connectivity index (χ0) is 21.2. The van der Waals surface area contributed by atoms with Crippen LogP contribution in [0.25, 0.3) is 0 Å². The molecule has 0 saturated carbocycles. The van der Waals surface area contributed by atoms with Crippen LogP contribution in [0, 0.1) is 0 Å². The van der Waals surface area contributed by atoms with E-state index in [-0.39, 0.29) is 5.41 Å². The molecule has 0 fully saturated rings. The second-order valence-corrected chi connectivity index (χ2v) is 9.11. The zero-order valence-electron chi connectivity index (χ0n) is 18.7. The Labute approximate surface area is 182 Å². The number of hydrogen-bond donors (Lipinski definition) is 2. The van der Waals surface area contributed by atoms with Gasteiger partial charge in [-0.2, -0.15) is 0 Å². The Morgan fingerprint density at radius 2 is 1.00 bits per heavy atom. The van der Waals surface area contributed by atoms with E-state index >= 15 is 0 Å². The molecule has 0 bridgehead atoms. The van der Waals surface area contributed by atoms with Gasteiger partial charge >= 0.3 is 0 Å². The third kappa shape index (κ3) is 7.44. The summed E-state index contributed by atoms with van der Waals surface area (Å²) in [7, 11) is 0. The Hall–Kier alpha value is -2.42. The van der Waals surface area contributed by atoms with Gasteiger partial charge in [-0.05, 0) is 59.2 Å². The van der Waals surface area contributed by atoms with Crippen molar-refractivity contribution in [3.05, 3.63) is 107 Å². The molecule has 0 saturated heterocycles.